The second-order valence-corrected chi connectivity index (χ2v) is 5.12. The van der Waals surface area contributed by atoms with E-state index in [1.165, 1.54) is 24.4 Å². The highest BCUT2D eigenvalue weighted by Crippen LogP contribution is 2.27. The molecule has 0 bridgehead atoms. The molecule has 0 atom stereocenters. The number of pyridine rings is 1. The summed E-state index contributed by atoms with van der Waals surface area (Å²) in [5.74, 6) is -1.31. The number of rotatable bonds is 5. The number of nitro groups is 1. The number of thiophene rings is 1. The van der Waals surface area contributed by atoms with Gasteiger partial charge in [0, 0.05) is 10.4 Å². The van der Waals surface area contributed by atoms with Gasteiger partial charge in [0.15, 0.2) is 0 Å². The van der Waals surface area contributed by atoms with Gasteiger partial charge >= 0.3 is 11.8 Å². The smallest absolute Gasteiger partial charge is 0.406 e. The Balaban J connectivity index is 2.17. The number of hydrogen-bond donors (Lipinski definition) is 1. The van der Waals surface area contributed by atoms with Crippen LogP contribution < -0.4 is 4.74 Å². The molecule has 0 aliphatic rings. The van der Waals surface area contributed by atoms with Gasteiger partial charge in [-0.2, -0.15) is 0 Å². The Bertz CT molecular complexity index is 668. The van der Waals surface area contributed by atoms with E-state index in [9.17, 15) is 14.9 Å². The molecule has 0 amide bonds. The number of nitrogens with zero attached hydrogens (tertiary/aromatic N) is 2. The van der Waals surface area contributed by atoms with Crippen LogP contribution in [0, 0.1) is 17.0 Å². The van der Waals surface area contributed by atoms with Crippen molar-refractivity contribution in [1.29, 1.82) is 0 Å². The monoisotopic (exact) mass is 294 g/mol. The highest BCUT2D eigenvalue weighted by atomic mass is 32.1. The third-order valence-electron chi connectivity index (χ3n) is 2.54. The third-order valence-corrected chi connectivity index (χ3v) is 3.62. The Hall–Kier alpha value is -2.48. The molecule has 0 radical (unpaired) electrons. The van der Waals surface area contributed by atoms with E-state index in [4.69, 9.17) is 9.84 Å². The lowest BCUT2D eigenvalue weighted by Crippen LogP contribution is -2.00. The van der Waals surface area contributed by atoms with E-state index in [0.29, 0.717) is 5.56 Å². The van der Waals surface area contributed by atoms with Crippen molar-refractivity contribution < 1.29 is 19.6 Å². The summed E-state index contributed by atoms with van der Waals surface area (Å²) < 4.78 is 5.37. The molecule has 2 rings (SSSR count). The lowest BCUT2D eigenvalue weighted by molar-refractivity contribution is -0.390. The SMILES string of the molecule is Cc1sc(C(=O)O)cc1COc1cccnc1[N+](=O)[O-]. The fraction of sp³-hybridized carbons (Fsp3) is 0.167. The van der Waals surface area contributed by atoms with Crippen molar-refractivity contribution in [2.45, 2.75) is 13.5 Å². The number of aryl methyl sites for hydroxylation is 1. The quantitative estimate of drug-likeness (QED) is 0.671. The average Bonchev–Trinajstić information content (AvgIpc) is 2.78. The Morgan fingerprint density at radius 1 is 1.60 bits per heavy atom. The molecule has 0 saturated heterocycles. The van der Waals surface area contributed by atoms with Crippen molar-refractivity contribution in [2.75, 3.05) is 0 Å². The zero-order valence-electron chi connectivity index (χ0n) is 10.4. The maximum Gasteiger partial charge on any atom is 0.406 e. The van der Waals surface area contributed by atoms with Gasteiger partial charge in [0.05, 0.1) is 0 Å². The van der Waals surface area contributed by atoms with Gasteiger partial charge < -0.3 is 20.0 Å². The van der Waals surface area contributed by atoms with Crippen LogP contribution in [0.15, 0.2) is 24.4 Å². The topological polar surface area (TPSA) is 103 Å². The fourth-order valence-corrected chi connectivity index (χ4v) is 2.42. The lowest BCUT2D eigenvalue weighted by Gasteiger charge is -2.05. The molecule has 0 aliphatic carbocycles. The predicted molar refractivity (Wildman–Crippen MR) is 71.2 cm³/mol. The summed E-state index contributed by atoms with van der Waals surface area (Å²) in [6.07, 6.45) is 1.31. The van der Waals surface area contributed by atoms with Crippen LogP contribution in [0.25, 0.3) is 0 Å². The first-order valence-corrected chi connectivity index (χ1v) is 6.35. The molecule has 2 aromatic heterocycles. The first-order valence-electron chi connectivity index (χ1n) is 5.54. The number of aromatic nitrogens is 1. The molecule has 1 N–H and O–H groups in total. The van der Waals surface area contributed by atoms with Crippen molar-refractivity contribution >= 4 is 23.1 Å². The van der Waals surface area contributed by atoms with Crippen LogP contribution in [0.1, 0.15) is 20.1 Å². The average molecular weight is 294 g/mol. The van der Waals surface area contributed by atoms with Gasteiger partial charge in [-0.1, -0.05) is 0 Å². The van der Waals surface area contributed by atoms with E-state index in [1.807, 2.05) is 0 Å². The molecule has 8 heteroatoms. The van der Waals surface area contributed by atoms with Gasteiger partial charge in [-0.3, -0.25) is 0 Å². The minimum absolute atomic E-state index is 0.0555. The summed E-state index contributed by atoms with van der Waals surface area (Å²) in [5, 5.41) is 19.7. The Labute approximate surface area is 117 Å². The number of carboxylic acid groups (broad SMARTS) is 1. The van der Waals surface area contributed by atoms with Gasteiger partial charge in [-0.25, -0.2) is 4.79 Å². The van der Waals surface area contributed by atoms with Crippen molar-refractivity contribution in [3.05, 3.63) is 49.8 Å². The molecule has 0 aromatic carbocycles. The van der Waals surface area contributed by atoms with E-state index in [0.717, 1.165) is 16.2 Å². The van der Waals surface area contributed by atoms with Crippen molar-refractivity contribution in [2.24, 2.45) is 0 Å². The highest BCUT2D eigenvalue weighted by molar-refractivity contribution is 7.14. The van der Waals surface area contributed by atoms with Gasteiger partial charge in [0.1, 0.15) is 17.7 Å². The largest absolute Gasteiger partial charge is 0.481 e. The van der Waals surface area contributed by atoms with E-state index >= 15 is 0 Å². The molecule has 0 fully saturated rings. The summed E-state index contributed by atoms with van der Waals surface area (Å²) in [4.78, 5) is 25.6. The van der Waals surface area contributed by atoms with Gasteiger partial charge in [-0.15, -0.1) is 11.3 Å². The molecule has 0 aliphatic heterocycles. The number of aromatic carboxylic acids is 1. The molecule has 0 spiro atoms. The van der Waals surface area contributed by atoms with E-state index < -0.39 is 10.9 Å². The minimum Gasteiger partial charge on any atom is -0.481 e. The number of carboxylic acids is 1. The maximum absolute atomic E-state index is 10.9. The van der Waals surface area contributed by atoms with Crippen LogP contribution >= 0.6 is 11.3 Å². The Morgan fingerprint density at radius 2 is 2.35 bits per heavy atom. The molecule has 104 valence electrons. The Kier molecular flexibility index (Phi) is 3.94. The molecule has 2 heterocycles. The zero-order valence-corrected chi connectivity index (χ0v) is 11.2. The van der Waals surface area contributed by atoms with Gasteiger partial charge in [-0.05, 0) is 35.0 Å². The number of carbonyl (C=O) groups is 1. The molecule has 7 nitrogen and oxygen atoms in total. The first-order chi connectivity index (χ1) is 9.49. The summed E-state index contributed by atoms with van der Waals surface area (Å²) in [6.45, 7) is 1.83. The molecule has 0 unspecified atom stereocenters. The third kappa shape index (κ3) is 2.91. The van der Waals surface area contributed by atoms with Crippen LogP contribution in [0.2, 0.25) is 0 Å². The van der Waals surface area contributed by atoms with Crippen LogP contribution in [0.3, 0.4) is 0 Å². The van der Waals surface area contributed by atoms with E-state index in [2.05, 4.69) is 4.98 Å². The summed E-state index contributed by atoms with van der Waals surface area (Å²) in [6, 6.07) is 4.49. The first kappa shape index (κ1) is 13.9. The molecular formula is C12H10N2O5S. The Morgan fingerprint density at radius 3 is 2.95 bits per heavy atom. The van der Waals surface area contributed by atoms with Gasteiger partial charge in [0.2, 0.25) is 5.75 Å². The highest BCUT2D eigenvalue weighted by Gasteiger charge is 2.17. The van der Waals surface area contributed by atoms with E-state index in [1.54, 1.807) is 6.92 Å². The normalized spacial score (nSPS) is 10.2. The fourth-order valence-electron chi connectivity index (χ4n) is 1.56. The zero-order chi connectivity index (χ0) is 14.7. The van der Waals surface area contributed by atoms with Crippen LogP contribution in [0.4, 0.5) is 5.82 Å². The number of hydrogen-bond acceptors (Lipinski definition) is 6. The second-order valence-electron chi connectivity index (χ2n) is 3.87. The van der Waals surface area contributed by atoms with Crippen LogP contribution in [0.5, 0.6) is 5.75 Å². The summed E-state index contributed by atoms with van der Waals surface area (Å²) in [7, 11) is 0. The molecule has 0 saturated carbocycles. The van der Waals surface area contributed by atoms with Crippen LogP contribution in [-0.2, 0) is 6.61 Å². The number of ether oxygens (including phenoxy) is 1. The molecular weight excluding hydrogens is 284 g/mol. The maximum atomic E-state index is 10.9. The lowest BCUT2D eigenvalue weighted by atomic mass is 10.2. The standard InChI is InChI=1S/C12H10N2O5S/c1-7-8(5-10(20-7)12(15)16)6-19-9-3-2-4-13-11(9)14(17)18/h2-5H,6H2,1H3,(H,15,16). The predicted octanol–water partition coefficient (Wildman–Crippen LogP) is 2.64. The van der Waals surface area contributed by atoms with E-state index in [-0.39, 0.29) is 23.1 Å². The van der Waals surface area contributed by atoms with Gasteiger partial charge in [0.25, 0.3) is 0 Å². The van der Waals surface area contributed by atoms with Crippen LogP contribution in [-0.4, -0.2) is 21.0 Å². The summed E-state index contributed by atoms with van der Waals surface area (Å²) in [5.41, 5.74) is 0.686. The summed E-state index contributed by atoms with van der Waals surface area (Å²) >= 11 is 1.14. The van der Waals surface area contributed by atoms with Crippen molar-refractivity contribution in [3.8, 4) is 5.75 Å². The van der Waals surface area contributed by atoms with Crippen molar-refractivity contribution in [3.63, 3.8) is 0 Å². The van der Waals surface area contributed by atoms with Crippen molar-refractivity contribution in [1.82, 2.24) is 4.98 Å². The minimum atomic E-state index is -1.00. The second kappa shape index (κ2) is 5.66. The molecule has 20 heavy (non-hydrogen) atoms. The molecule has 2 aromatic rings.